The van der Waals surface area contributed by atoms with E-state index < -0.39 is 6.61 Å². The Hall–Kier alpha value is -3.13. The van der Waals surface area contributed by atoms with E-state index in [1.54, 1.807) is 25.6 Å². The SMILES string of the molecule is CN=C(NCc1ccc(Cn2ccnc2)cc1)NCc1cc(Cl)ccc1OC(F)F. The number of guanidine groups is 1. The largest absolute Gasteiger partial charge is 0.434 e. The Morgan fingerprint density at radius 3 is 2.53 bits per heavy atom. The fourth-order valence-electron chi connectivity index (χ4n) is 2.84. The van der Waals surface area contributed by atoms with Crippen LogP contribution in [0.25, 0.3) is 0 Å². The Balaban J connectivity index is 1.53. The third-order valence-corrected chi connectivity index (χ3v) is 4.55. The smallest absolute Gasteiger partial charge is 0.387 e. The van der Waals surface area contributed by atoms with Gasteiger partial charge in [0.15, 0.2) is 5.96 Å². The summed E-state index contributed by atoms with van der Waals surface area (Å²) in [5, 5.41) is 6.72. The summed E-state index contributed by atoms with van der Waals surface area (Å²) in [6.45, 7) is -1.36. The number of rotatable bonds is 8. The molecule has 0 unspecified atom stereocenters. The third kappa shape index (κ3) is 6.45. The first kappa shape index (κ1) is 21.6. The number of hydrogen-bond acceptors (Lipinski definition) is 3. The van der Waals surface area contributed by atoms with Crippen molar-refractivity contribution in [3.8, 4) is 5.75 Å². The highest BCUT2D eigenvalue weighted by Gasteiger charge is 2.11. The normalized spacial score (nSPS) is 11.6. The number of halogens is 3. The summed E-state index contributed by atoms with van der Waals surface area (Å²) in [4.78, 5) is 8.20. The highest BCUT2D eigenvalue weighted by Crippen LogP contribution is 2.24. The van der Waals surface area contributed by atoms with Crippen molar-refractivity contribution in [1.29, 1.82) is 0 Å². The lowest BCUT2D eigenvalue weighted by Gasteiger charge is -2.15. The van der Waals surface area contributed by atoms with Crippen LogP contribution in [0.3, 0.4) is 0 Å². The van der Waals surface area contributed by atoms with E-state index in [0.29, 0.717) is 23.1 Å². The Bertz CT molecular complexity index is 962. The second kappa shape index (κ2) is 10.6. The van der Waals surface area contributed by atoms with Crippen LogP contribution in [-0.4, -0.2) is 29.2 Å². The molecule has 0 bridgehead atoms. The zero-order chi connectivity index (χ0) is 21.3. The Morgan fingerprint density at radius 2 is 1.87 bits per heavy atom. The monoisotopic (exact) mass is 433 g/mol. The maximum atomic E-state index is 12.6. The van der Waals surface area contributed by atoms with E-state index in [4.69, 9.17) is 11.6 Å². The van der Waals surface area contributed by atoms with Gasteiger partial charge in [-0.1, -0.05) is 35.9 Å². The summed E-state index contributed by atoms with van der Waals surface area (Å²) < 4.78 is 31.7. The minimum atomic E-state index is -2.90. The second-order valence-corrected chi connectivity index (χ2v) is 6.90. The average molecular weight is 434 g/mol. The number of hydrogen-bond donors (Lipinski definition) is 2. The van der Waals surface area contributed by atoms with Crippen LogP contribution in [0.2, 0.25) is 5.02 Å². The van der Waals surface area contributed by atoms with Crippen molar-refractivity contribution in [2.24, 2.45) is 4.99 Å². The van der Waals surface area contributed by atoms with E-state index in [9.17, 15) is 8.78 Å². The number of benzene rings is 2. The first-order valence-corrected chi connectivity index (χ1v) is 9.62. The Morgan fingerprint density at radius 1 is 1.13 bits per heavy atom. The molecule has 1 heterocycles. The lowest BCUT2D eigenvalue weighted by atomic mass is 10.1. The zero-order valence-electron chi connectivity index (χ0n) is 16.4. The highest BCUT2D eigenvalue weighted by atomic mass is 35.5. The molecule has 9 heteroatoms. The van der Waals surface area contributed by atoms with Gasteiger partial charge >= 0.3 is 6.61 Å². The van der Waals surface area contributed by atoms with Crippen molar-refractivity contribution in [3.05, 3.63) is 82.9 Å². The van der Waals surface area contributed by atoms with Gasteiger partial charge in [-0.25, -0.2) is 4.98 Å². The molecule has 0 spiro atoms. The van der Waals surface area contributed by atoms with E-state index in [1.807, 2.05) is 22.9 Å². The topological polar surface area (TPSA) is 63.5 Å². The lowest BCUT2D eigenvalue weighted by Crippen LogP contribution is -2.36. The van der Waals surface area contributed by atoms with Crippen LogP contribution in [-0.2, 0) is 19.6 Å². The Kier molecular flexibility index (Phi) is 7.62. The van der Waals surface area contributed by atoms with Crippen LogP contribution in [0.15, 0.2) is 66.2 Å². The van der Waals surface area contributed by atoms with Crippen LogP contribution < -0.4 is 15.4 Å². The van der Waals surface area contributed by atoms with Gasteiger partial charge in [0.25, 0.3) is 0 Å². The summed E-state index contributed by atoms with van der Waals surface area (Å²) in [5.74, 6) is 0.603. The van der Waals surface area contributed by atoms with Gasteiger partial charge in [-0.2, -0.15) is 8.78 Å². The number of alkyl halides is 2. The summed E-state index contributed by atoms with van der Waals surface area (Å²) >= 11 is 5.98. The van der Waals surface area contributed by atoms with Gasteiger partial charge in [0, 0.05) is 49.7 Å². The number of nitrogens with zero attached hydrogens (tertiary/aromatic N) is 3. The maximum absolute atomic E-state index is 12.6. The molecule has 2 aromatic carbocycles. The fourth-order valence-corrected chi connectivity index (χ4v) is 3.03. The Labute approximate surface area is 178 Å². The van der Waals surface area contributed by atoms with E-state index in [2.05, 4.69) is 37.5 Å². The minimum absolute atomic E-state index is 0.0748. The standard InChI is InChI=1S/C21H22ClF2N5O/c1-25-21(28-12-17-10-18(22)6-7-19(17)30-20(23)24)27-11-15-2-4-16(5-3-15)13-29-9-8-26-14-29/h2-10,14,20H,11-13H2,1H3,(H2,25,27,28). The van der Waals surface area contributed by atoms with Crippen molar-refractivity contribution in [2.45, 2.75) is 26.2 Å². The molecule has 0 aliphatic heterocycles. The van der Waals surface area contributed by atoms with Crippen LogP contribution in [0, 0.1) is 0 Å². The summed E-state index contributed by atoms with van der Waals surface area (Å²) in [7, 11) is 1.64. The van der Waals surface area contributed by atoms with Gasteiger partial charge in [0.05, 0.1) is 6.33 Å². The van der Waals surface area contributed by atoms with E-state index >= 15 is 0 Å². The number of aliphatic imine (C=N–C) groups is 1. The third-order valence-electron chi connectivity index (χ3n) is 4.32. The maximum Gasteiger partial charge on any atom is 0.387 e. The van der Waals surface area contributed by atoms with Crippen molar-refractivity contribution in [1.82, 2.24) is 20.2 Å². The zero-order valence-corrected chi connectivity index (χ0v) is 17.1. The van der Waals surface area contributed by atoms with Crippen molar-refractivity contribution >= 4 is 17.6 Å². The molecule has 3 aromatic rings. The predicted molar refractivity (Wildman–Crippen MR) is 113 cm³/mol. The molecular formula is C21H22ClF2N5O. The van der Waals surface area contributed by atoms with Gasteiger partial charge in [0.2, 0.25) is 0 Å². The van der Waals surface area contributed by atoms with Gasteiger partial charge in [-0.15, -0.1) is 0 Å². The van der Waals surface area contributed by atoms with Crippen LogP contribution >= 0.6 is 11.6 Å². The van der Waals surface area contributed by atoms with Crippen molar-refractivity contribution in [3.63, 3.8) is 0 Å². The van der Waals surface area contributed by atoms with Gasteiger partial charge in [-0.3, -0.25) is 4.99 Å². The number of aromatic nitrogens is 2. The molecule has 3 rings (SSSR count). The second-order valence-electron chi connectivity index (χ2n) is 6.46. The lowest BCUT2D eigenvalue weighted by molar-refractivity contribution is -0.0504. The predicted octanol–water partition coefficient (Wildman–Crippen LogP) is 4.05. The molecule has 30 heavy (non-hydrogen) atoms. The number of ether oxygens (including phenoxy) is 1. The quantitative estimate of drug-likeness (QED) is 0.415. The average Bonchev–Trinajstić information content (AvgIpc) is 3.24. The van der Waals surface area contributed by atoms with Crippen LogP contribution in [0.1, 0.15) is 16.7 Å². The number of imidazole rings is 1. The molecule has 6 nitrogen and oxygen atoms in total. The molecule has 0 atom stereocenters. The first-order valence-electron chi connectivity index (χ1n) is 9.25. The van der Waals surface area contributed by atoms with Gasteiger partial charge in [0.1, 0.15) is 5.75 Å². The van der Waals surface area contributed by atoms with Crippen LogP contribution in [0.4, 0.5) is 8.78 Å². The summed E-state index contributed by atoms with van der Waals surface area (Å²) in [5.41, 5.74) is 2.76. The molecule has 0 saturated carbocycles. The van der Waals surface area contributed by atoms with Crippen molar-refractivity contribution < 1.29 is 13.5 Å². The molecule has 0 aliphatic carbocycles. The first-order chi connectivity index (χ1) is 14.5. The van der Waals surface area contributed by atoms with E-state index in [1.165, 1.54) is 17.7 Å². The van der Waals surface area contributed by atoms with Crippen LogP contribution in [0.5, 0.6) is 5.75 Å². The van der Waals surface area contributed by atoms with Gasteiger partial charge in [-0.05, 0) is 29.3 Å². The molecule has 0 amide bonds. The summed E-state index contributed by atoms with van der Waals surface area (Å²) in [6, 6.07) is 12.7. The molecule has 0 aliphatic rings. The molecule has 2 N–H and O–H groups in total. The molecule has 158 valence electrons. The highest BCUT2D eigenvalue weighted by molar-refractivity contribution is 6.30. The molecule has 0 saturated heterocycles. The van der Waals surface area contributed by atoms with Gasteiger partial charge < -0.3 is 19.9 Å². The number of nitrogens with one attached hydrogen (secondary N) is 2. The van der Waals surface area contributed by atoms with Crippen molar-refractivity contribution in [2.75, 3.05) is 7.05 Å². The fraction of sp³-hybridized carbons (Fsp3) is 0.238. The molecule has 0 fully saturated rings. The summed E-state index contributed by atoms with van der Waals surface area (Å²) in [6.07, 6.45) is 5.45. The molecular weight excluding hydrogens is 412 g/mol. The minimum Gasteiger partial charge on any atom is -0.434 e. The van der Waals surface area contributed by atoms with E-state index in [-0.39, 0.29) is 12.3 Å². The molecule has 0 radical (unpaired) electrons. The van der Waals surface area contributed by atoms with E-state index in [0.717, 1.165) is 12.1 Å². The molecule has 1 aromatic heterocycles.